The number of hydrogen-bond donors (Lipinski definition) is 0. The molecular formula is C8H12O2S. The molecule has 0 bridgehead atoms. The van der Waals surface area contributed by atoms with Crippen LogP contribution >= 0.6 is 0 Å². The van der Waals surface area contributed by atoms with Crippen molar-refractivity contribution in [2.75, 3.05) is 0 Å². The summed E-state index contributed by atoms with van der Waals surface area (Å²) in [6.07, 6.45) is 4.42. The third-order valence-electron chi connectivity index (χ3n) is 2.11. The molecule has 0 N–H and O–H groups in total. The van der Waals surface area contributed by atoms with Gasteiger partial charge >= 0.3 is 0 Å². The van der Waals surface area contributed by atoms with E-state index in [1.165, 1.54) is 12.2 Å². The minimum atomic E-state index is -2.96. The van der Waals surface area contributed by atoms with E-state index < -0.39 is 9.84 Å². The summed E-state index contributed by atoms with van der Waals surface area (Å²) in [5.74, 6) is 0. The molecule has 0 radical (unpaired) electrons. The average molecular weight is 172 g/mol. The minimum absolute atomic E-state index is 0.342. The summed E-state index contributed by atoms with van der Waals surface area (Å²) >= 11 is 0. The van der Waals surface area contributed by atoms with Crippen LogP contribution in [0.3, 0.4) is 0 Å². The Bertz CT molecular complexity index is 242. The second kappa shape index (κ2) is 2.81. The fraction of sp³-hybridized carbons (Fsp3) is 0.500. The standard InChI is InChI=1S/C8H12O2S/c1-3-7-5-6-8(4-2)11(7,9)10/h3-4,7-8H,1-2,5-6H2/t7-,8-/m1/s1. The molecule has 1 saturated heterocycles. The van der Waals surface area contributed by atoms with E-state index in [1.54, 1.807) is 0 Å². The van der Waals surface area contributed by atoms with E-state index in [-0.39, 0.29) is 10.5 Å². The van der Waals surface area contributed by atoms with Crippen LogP contribution < -0.4 is 0 Å². The van der Waals surface area contributed by atoms with Gasteiger partial charge in [-0.25, -0.2) is 8.42 Å². The van der Waals surface area contributed by atoms with Crippen LogP contribution in [0.1, 0.15) is 12.8 Å². The highest BCUT2D eigenvalue weighted by molar-refractivity contribution is 7.93. The molecule has 1 aliphatic heterocycles. The second-order valence-corrected chi connectivity index (χ2v) is 5.10. The van der Waals surface area contributed by atoms with Crippen molar-refractivity contribution >= 4 is 9.84 Å². The van der Waals surface area contributed by atoms with Crippen LogP contribution in [0.25, 0.3) is 0 Å². The SMILES string of the molecule is C=C[C@@H]1CC[C@@H](C=C)S1(=O)=O. The van der Waals surface area contributed by atoms with Gasteiger partial charge in [0.15, 0.2) is 9.84 Å². The Kier molecular flexibility index (Phi) is 2.18. The van der Waals surface area contributed by atoms with Crippen molar-refractivity contribution in [3.63, 3.8) is 0 Å². The van der Waals surface area contributed by atoms with Gasteiger partial charge in [-0.1, -0.05) is 12.2 Å². The molecule has 2 atom stereocenters. The lowest BCUT2D eigenvalue weighted by Gasteiger charge is -2.04. The first-order chi connectivity index (χ1) is 5.12. The third kappa shape index (κ3) is 1.25. The molecule has 0 aromatic rings. The first kappa shape index (κ1) is 8.53. The fourth-order valence-corrected chi connectivity index (χ4v) is 3.30. The molecule has 0 aliphatic carbocycles. The van der Waals surface area contributed by atoms with Crippen molar-refractivity contribution in [1.29, 1.82) is 0 Å². The zero-order valence-corrected chi connectivity index (χ0v) is 7.18. The number of hydrogen-bond acceptors (Lipinski definition) is 2. The predicted octanol–water partition coefficient (Wildman–Crippen LogP) is 1.30. The van der Waals surface area contributed by atoms with Crippen molar-refractivity contribution in [1.82, 2.24) is 0 Å². The molecule has 3 heteroatoms. The maximum absolute atomic E-state index is 11.4. The summed E-state index contributed by atoms with van der Waals surface area (Å²) in [5, 5.41) is -0.684. The van der Waals surface area contributed by atoms with Crippen LogP contribution in [-0.2, 0) is 9.84 Å². The van der Waals surface area contributed by atoms with Crippen LogP contribution in [0.15, 0.2) is 25.3 Å². The predicted molar refractivity (Wildman–Crippen MR) is 46.1 cm³/mol. The van der Waals surface area contributed by atoms with Gasteiger partial charge in [0.05, 0.1) is 10.5 Å². The van der Waals surface area contributed by atoms with Gasteiger partial charge in [-0.05, 0) is 12.8 Å². The minimum Gasteiger partial charge on any atom is -0.228 e. The van der Waals surface area contributed by atoms with Gasteiger partial charge in [-0.3, -0.25) is 0 Å². The van der Waals surface area contributed by atoms with E-state index in [9.17, 15) is 8.42 Å². The molecule has 1 aliphatic rings. The van der Waals surface area contributed by atoms with E-state index in [2.05, 4.69) is 13.2 Å². The zero-order chi connectivity index (χ0) is 8.48. The summed E-state index contributed by atoms with van der Waals surface area (Å²) in [7, 11) is -2.96. The lowest BCUT2D eigenvalue weighted by atomic mass is 10.2. The molecule has 0 saturated carbocycles. The molecule has 0 spiro atoms. The molecule has 62 valence electrons. The van der Waals surface area contributed by atoms with Crippen LogP contribution in [0.2, 0.25) is 0 Å². The summed E-state index contributed by atoms with van der Waals surface area (Å²) in [5.41, 5.74) is 0. The van der Waals surface area contributed by atoms with Gasteiger partial charge in [0.25, 0.3) is 0 Å². The molecule has 0 amide bonds. The number of sulfone groups is 1. The molecule has 0 aromatic carbocycles. The summed E-state index contributed by atoms with van der Waals surface area (Å²) in [6, 6.07) is 0. The fourth-order valence-electron chi connectivity index (χ4n) is 1.39. The molecule has 1 rings (SSSR count). The maximum Gasteiger partial charge on any atom is 0.163 e. The van der Waals surface area contributed by atoms with Crippen LogP contribution in [0.5, 0.6) is 0 Å². The van der Waals surface area contributed by atoms with Crippen molar-refractivity contribution in [2.24, 2.45) is 0 Å². The molecule has 1 heterocycles. The van der Waals surface area contributed by atoms with E-state index in [0.717, 1.165) is 0 Å². The first-order valence-corrected chi connectivity index (χ1v) is 5.21. The Morgan fingerprint density at radius 3 is 1.64 bits per heavy atom. The van der Waals surface area contributed by atoms with Crippen molar-refractivity contribution in [2.45, 2.75) is 23.3 Å². The van der Waals surface area contributed by atoms with Crippen LogP contribution in [0.4, 0.5) is 0 Å². The third-order valence-corrected chi connectivity index (χ3v) is 4.65. The van der Waals surface area contributed by atoms with Gasteiger partial charge in [-0.15, -0.1) is 13.2 Å². The van der Waals surface area contributed by atoms with E-state index >= 15 is 0 Å². The smallest absolute Gasteiger partial charge is 0.163 e. The van der Waals surface area contributed by atoms with Crippen LogP contribution in [0, 0.1) is 0 Å². The first-order valence-electron chi connectivity index (χ1n) is 3.60. The highest BCUT2D eigenvalue weighted by atomic mass is 32.2. The monoisotopic (exact) mass is 172 g/mol. The number of rotatable bonds is 2. The van der Waals surface area contributed by atoms with Gasteiger partial charge < -0.3 is 0 Å². The normalized spacial score (nSPS) is 34.9. The molecule has 1 fully saturated rings. The molecule has 0 unspecified atom stereocenters. The van der Waals surface area contributed by atoms with Gasteiger partial charge in [-0.2, -0.15) is 0 Å². The van der Waals surface area contributed by atoms with Crippen molar-refractivity contribution < 1.29 is 8.42 Å². The maximum atomic E-state index is 11.4. The van der Waals surface area contributed by atoms with E-state index in [0.29, 0.717) is 12.8 Å². The molecule has 2 nitrogen and oxygen atoms in total. The summed E-state index contributed by atoms with van der Waals surface area (Å²) in [4.78, 5) is 0. The van der Waals surface area contributed by atoms with Gasteiger partial charge in [0, 0.05) is 0 Å². The molecular weight excluding hydrogens is 160 g/mol. The summed E-state index contributed by atoms with van der Waals surface area (Å²) < 4.78 is 22.8. The quantitative estimate of drug-likeness (QED) is 0.588. The molecule has 11 heavy (non-hydrogen) atoms. The highest BCUT2D eigenvalue weighted by Crippen LogP contribution is 2.28. The Labute approximate surface area is 67.5 Å². The van der Waals surface area contributed by atoms with E-state index in [4.69, 9.17) is 0 Å². The van der Waals surface area contributed by atoms with Crippen molar-refractivity contribution in [3.05, 3.63) is 25.3 Å². The highest BCUT2D eigenvalue weighted by Gasteiger charge is 2.36. The Hall–Kier alpha value is -0.570. The van der Waals surface area contributed by atoms with E-state index in [1.807, 2.05) is 0 Å². The lowest BCUT2D eigenvalue weighted by Crippen LogP contribution is -2.19. The summed E-state index contributed by atoms with van der Waals surface area (Å²) in [6.45, 7) is 6.99. The topological polar surface area (TPSA) is 34.1 Å². The second-order valence-electron chi connectivity index (χ2n) is 2.71. The molecule has 0 aromatic heterocycles. The Balaban J connectivity index is 2.98. The van der Waals surface area contributed by atoms with Crippen LogP contribution in [-0.4, -0.2) is 18.9 Å². The van der Waals surface area contributed by atoms with Crippen molar-refractivity contribution in [3.8, 4) is 0 Å². The lowest BCUT2D eigenvalue weighted by molar-refractivity contribution is 0.593. The zero-order valence-electron chi connectivity index (χ0n) is 6.36. The largest absolute Gasteiger partial charge is 0.228 e. The van der Waals surface area contributed by atoms with Gasteiger partial charge in [0.2, 0.25) is 0 Å². The Morgan fingerprint density at radius 1 is 1.09 bits per heavy atom. The average Bonchev–Trinajstić information content (AvgIpc) is 2.24. The Morgan fingerprint density at radius 2 is 1.45 bits per heavy atom. The van der Waals surface area contributed by atoms with Gasteiger partial charge in [0.1, 0.15) is 0 Å².